The molecule has 2 aromatic rings. The Morgan fingerprint density at radius 3 is 2.50 bits per heavy atom. The standard InChI is InChI=1S/C14H14N2O.ClH/c1-10-5-4-6-11(9-10)16-14(17)12-7-2-3-8-13(12)15;/h2-9H,15H2,1H3,(H,16,17);1H. The van der Waals surface area contributed by atoms with Gasteiger partial charge in [-0.05, 0) is 36.8 Å². The minimum Gasteiger partial charge on any atom is -0.398 e. The van der Waals surface area contributed by atoms with E-state index in [1.807, 2.05) is 31.2 Å². The van der Waals surface area contributed by atoms with Crippen LogP contribution in [0.2, 0.25) is 0 Å². The van der Waals surface area contributed by atoms with Crippen LogP contribution in [-0.2, 0) is 0 Å². The lowest BCUT2D eigenvalue weighted by molar-refractivity contribution is 0.102. The molecule has 0 saturated heterocycles. The Morgan fingerprint density at radius 1 is 1.11 bits per heavy atom. The summed E-state index contributed by atoms with van der Waals surface area (Å²) < 4.78 is 0. The largest absolute Gasteiger partial charge is 0.398 e. The molecule has 0 atom stereocenters. The lowest BCUT2D eigenvalue weighted by atomic mass is 10.1. The number of anilines is 2. The SMILES string of the molecule is Cc1cccc(NC(=O)c2ccccc2N)c1.Cl. The van der Waals surface area contributed by atoms with Crippen molar-refractivity contribution in [1.29, 1.82) is 0 Å². The topological polar surface area (TPSA) is 55.1 Å². The maximum Gasteiger partial charge on any atom is 0.257 e. The summed E-state index contributed by atoms with van der Waals surface area (Å²) in [6.45, 7) is 1.98. The van der Waals surface area contributed by atoms with E-state index in [9.17, 15) is 4.79 Å². The van der Waals surface area contributed by atoms with Crippen LogP contribution in [0, 0.1) is 6.92 Å². The summed E-state index contributed by atoms with van der Waals surface area (Å²) in [5.41, 5.74) is 8.60. The van der Waals surface area contributed by atoms with Crippen LogP contribution in [0.5, 0.6) is 0 Å². The number of carbonyl (C=O) groups is 1. The third-order valence-corrected chi connectivity index (χ3v) is 2.48. The van der Waals surface area contributed by atoms with Gasteiger partial charge in [-0.2, -0.15) is 0 Å². The fourth-order valence-corrected chi connectivity index (χ4v) is 1.63. The van der Waals surface area contributed by atoms with Gasteiger partial charge in [-0.25, -0.2) is 0 Å². The van der Waals surface area contributed by atoms with E-state index in [4.69, 9.17) is 5.73 Å². The van der Waals surface area contributed by atoms with Crippen molar-refractivity contribution < 1.29 is 4.79 Å². The van der Waals surface area contributed by atoms with E-state index >= 15 is 0 Å². The molecule has 0 spiro atoms. The molecule has 0 aliphatic rings. The van der Waals surface area contributed by atoms with Crippen LogP contribution >= 0.6 is 12.4 Å². The third-order valence-electron chi connectivity index (χ3n) is 2.48. The molecule has 0 bridgehead atoms. The average Bonchev–Trinajstić information content (AvgIpc) is 2.29. The third kappa shape index (κ3) is 3.25. The van der Waals surface area contributed by atoms with Gasteiger partial charge in [0.25, 0.3) is 5.91 Å². The number of rotatable bonds is 2. The number of halogens is 1. The first kappa shape index (κ1) is 14.1. The monoisotopic (exact) mass is 262 g/mol. The molecule has 0 unspecified atom stereocenters. The van der Waals surface area contributed by atoms with Crippen LogP contribution in [0.1, 0.15) is 15.9 Å². The van der Waals surface area contributed by atoms with Gasteiger partial charge in [-0.1, -0.05) is 24.3 Å². The number of nitrogens with one attached hydrogen (secondary N) is 1. The maximum atomic E-state index is 12.0. The van der Waals surface area contributed by atoms with Gasteiger partial charge >= 0.3 is 0 Å². The molecule has 4 heteroatoms. The molecule has 0 heterocycles. The van der Waals surface area contributed by atoms with Crippen molar-refractivity contribution in [2.45, 2.75) is 6.92 Å². The van der Waals surface area contributed by atoms with Gasteiger partial charge in [0.2, 0.25) is 0 Å². The molecule has 94 valence electrons. The maximum absolute atomic E-state index is 12.0. The van der Waals surface area contributed by atoms with Crippen molar-refractivity contribution >= 4 is 29.7 Å². The molecule has 0 aromatic heterocycles. The number of hydrogen-bond donors (Lipinski definition) is 2. The molecular weight excluding hydrogens is 248 g/mol. The molecule has 0 radical (unpaired) electrons. The first-order valence-electron chi connectivity index (χ1n) is 5.39. The number of hydrogen-bond acceptors (Lipinski definition) is 2. The van der Waals surface area contributed by atoms with Crippen molar-refractivity contribution in [2.24, 2.45) is 0 Å². The minimum atomic E-state index is -0.186. The molecule has 3 N–H and O–H groups in total. The highest BCUT2D eigenvalue weighted by Gasteiger charge is 2.08. The second-order valence-electron chi connectivity index (χ2n) is 3.91. The quantitative estimate of drug-likeness (QED) is 0.817. The van der Waals surface area contributed by atoms with Crippen molar-refractivity contribution in [3.8, 4) is 0 Å². The molecule has 3 nitrogen and oxygen atoms in total. The Balaban J connectivity index is 0.00000162. The lowest BCUT2D eigenvalue weighted by Crippen LogP contribution is -2.13. The molecule has 2 rings (SSSR count). The smallest absolute Gasteiger partial charge is 0.257 e. The molecule has 0 saturated carbocycles. The van der Waals surface area contributed by atoms with Crippen LogP contribution in [0.25, 0.3) is 0 Å². The van der Waals surface area contributed by atoms with Crippen molar-refractivity contribution in [3.63, 3.8) is 0 Å². The van der Waals surface area contributed by atoms with Gasteiger partial charge in [-0.15, -0.1) is 12.4 Å². The summed E-state index contributed by atoms with van der Waals surface area (Å²) in [6, 6.07) is 14.7. The zero-order valence-electron chi connectivity index (χ0n) is 10.0. The first-order chi connectivity index (χ1) is 8.16. The summed E-state index contributed by atoms with van der Waals surface area (Å²) in [4.78, 5) is 12.0. The Bertz CT molecular complexity index is 555. The van der Waals surface area contributed by atoms with Gasteiger partial charge in [0.05, 0.1) is 5.56 Å². The summed E-state index contributed by atoms with van der Waals surface area (Å²) >= 11 is 0. The van der Waals surface area contributed by atoms with Crippen LogP contribution in [0.4, 0.5) is 11.4 Å². The molecule has 0 aliphatic heterocycles. The lowest BCUT2D eigenvalue weighted by Gasteiger charge is -2.07. The van der Waals surface area contributed by atoms with E-state index in [2.05, 4.69) is 5.32 Å². The van der Waals surface area contributed by atoms with E-state index < -0.39 is 0 Å². The van der Waals surface area contributed by atoms with Gasteiger partial charge in [-0.3, -0.25) is 4.79 Å². The number of benzene rings is 2. The Labute approximate surface area is 112 Å². The van der Waals surface area contributed by atoms with E-state index in [0.717, 1.165) is 11.3 Å². The predicted octanol–water partition coefficient (Wildman–Crippen LogP) is 3.25. The van der Waals surface area contributed by atoms with Crippen molar-refractivity contribution in [1.82, 2.24) is 0 Å². The number of nitrogens with two attached hydrogens (primary N) is 1. The van der Waals surface area contributed by atoms with E-state index in [1.165, 1.54) is 0 Å². The van der Waals surface area contributed by atoms with E-state index in [-0.39, 0.29) is 18.3 Å². The fourth-order valence-electron chi connectivity index (χ4n) is 1.63. The zero-order chi connectivity index (χ0) is 12.3. The summed E-state index contributed by atoms with van der Waals surface area (Å²) in [6.07, 6.45) is 0. The van der Waals surface area contributed by atoms with Crippen LogP contribution < -0.4 is 11.1 Å². The minimum absolute atomic E-state index is 0. The van der Waals surface area contributed by atoms with Gasteiger partial charge in [0.15, 0.2) is 0 Å². The molecule has 2 aromatic carbocycles. The summed E-state index contributed by atoms with van der Waals surface area (Å²) in [5, 5.41) is 2.82. The number of carbonyl (C=O) groups excluding carboxylic acids is 1. The number of nitrogen functional groups attached to an aromatic ring is 1. The van der Waals surface area contributed by atoms with Crippen LogP contribution in [0.15, 0.2) is 48.5 Å². The number of amides is 1. The molecular formula is C14H15ClN2O. The number of aryl methyl sites for hydroxylation is 1. The van der Waals surface area contributed by atoms with Crippen molar-refractivity contribution in [2.75, 3.05) is 11.1 Å². The van der Waals surface area contributed by atoms with Gasteiger partial charge in [0, 0.05) is 11.4 Å². The highest BCUT2D eigenvalue weighted by atomic mass is 35.5. The Hall–Kier alpha value is -2.00. The average molecular weight is 263 g/mol. The first-order valence-corrected chi connectivity index (χ1v) is 5.39. The second-order valence-corrected chi connectivity index (χ2v) is 3.91. The molecule has 1 amide bonds. The van der Waals surface area contributed by atoms with E-state index in [1.54, 1.807) is 24.3 Å². The predicted molar refractivity (Wildman–Crippen MR) is 77.2 cm³/mol. The second kappa shape index (κ2) is 6.07. The van der Waals surface area contributed by atoms with Crippen LogP contribution in [-0.4, -0.2) is 5.91 Å². The molecule has 0 fully saturated rings. The highest BCUT2D eigenvalue weighted by Crippen LogP contribution is 2.15. The summed E-state index contributed by atoms with van der Waals surface area (Å²) in [7, 11) is 0. The van der Waals surface area contributed by atoms with Gasteiger partial charge < -0.3 is 11.1 Å². The van der Waals surface area contributed by atoms with E-state index in [0.29, 0.717) is 11.3 Å². The normalized spacial score (nSPS) is 9.39. The molecule has 0 aliphatic carbocycles. The fraction of sp³-hybridized carbons (Fsp3) is 0.0714. The zero-order valence-corrected chi connectivity index (χ0v) is 10.8. The van der Waals surface area contributed by atoms with Gasteiger partial charge in [0.1, 0.15) is 0 Å². The number of para-hydroxylation sites is 1. The summed E-state index contributed by atoms with van der Waals surface area (Å²) in [5.74, 6) is -0.186. The molecule has 18 heavy (non-hydrogen) atoms. The highest BCUT2D eigenvalue weighted by molar-refractivity contribution is 6.07. The van der Waals surface area contributed by atoms with Crippen LogP contribution in [0.3, 0.4) is 0 Å². The Kier molecular flexibility index (Phi) is 4.75. The Morgan fingerprint density at radius 2 is 1.83 bits per heavy atom. The van der Waals surface area contributed by atoms with Crippen molar-refractivity contribution in [3.05, 3.63) is 59.7 Å².